The number of carbonyl (C=O) groups is 1. The molecule has 0 bridgehead atoms. The van der Waals surface area contributed by atoms with Crippen LogP contribution in [-0.4, -0.2) is 21.3 Å². The molecule has 0 fully saturated rings. The van der Waals surface area contributed by atoms with Crippen molar-refractivity contribution in [3.05, 3.63) is 46.1 Å². The van der Waals surface area contributed by atoms with Crippen LogP contribution in [0.4, 0.5) is 0 Å². The van der Waals surface area contributed by atoms with E-state index in [1.165, 1.54) is 11.6 Å². The maximum atomic E-state index is 11.7. The molecular weight excluding hydrogens is 352 g/mol. The molecule has 0 aromatic heterocycles. The van der Waals surface area contributed by atoms with Crippen molar-refractivity contribution in [1.82, 2.24) is 0 Å². The first-order chi connectivity index (χ1) is 13.2. The molecule has 4 heteroatoms. The first-order valence-corrected chi connectivity index (χ1v) is 10.3. The van der Waals surface area contributed by atoms with E-state index in [9.17, 15) is 20.1 Å². The highest BCUT2D eigenvalue weighted by atomic mass is 16.4. The van der Waals surface area contributed by atoms with Crippen LogP contribution in [-0.2, 0) is 12.8 Å². The molecule has 0 aliphatic carbocycles. The van der Waals surface area contributed by atoms with Gasteiger partial charge < -0.3 is 15.3 Å². The van der Waals surface area contributed by atoms with Gasteiger partial charge in [0.05, 0.1) is 0 Å². The summed E-state index contributed by atoms with van der Waals surface area (Å²) in [5, 5.41) is 30.4. The van der Waals surface area contributed by atoms with Gasteiger partial charge in [-0.25, -0.2) is 4.79 Å². The quantitative estimate of drug-likeness (QED) is 0.303. The number of phenolic OH excluding ortho intramolecular Hbond substituents is 1. The van der Waals surface area contributed by atoms with Gasteiger partial charge in [0, 0.05) is 5.56 Å². The molecule has 0 unspecified atom stereocenters. The van der Waals surface area contributed by atoms with Crippen LogP contribution < -0.4 is 0 Å². The Morgan fingerprint density at radius 2 is 1.82 bits per heavy atom. The van der Waals surface area contributed by atoms with Crippen molar-refractivity contribution < 1.29 is 20.1 Å². The topological polar surface area (TPSA) is 77.8 Å². The molecule has 0 amide bonds. The van der Waals surface area contributed by atoms with Crippen molar-refractivity contribution in [2.75, 3.05) is 0 Å². The van der Waals surface area contributed by atoms with Crippen LogP contribution in [0.3, 0.4) is 0 Å². The summed E-state index contributed by atoms with van der Waals surface area (Å²) in [7, 11) is 0. The maximum absolute atomic E-state index is 11.7. The second kappa shape index (κ2) is 11.6. The van der Waals surface area contributed by atoms with Gasteiger partial charge in [0.2, 0.25) is 0 Å². The number of hydrogen-bond donors (Lipinski definition) is 3. The second-order valence-electron chi connectivity index (χ2n) is 7.92. The van der Waals surface area contributed by atoms with Gasteiger partial charge in [-0.1, -0.05) is 56.9 Å². The zero-order valence-electron chi connectivity index (χ0n) is 18.0. The number of carboxylic acid groups (broad SMARTS) is 1. The van der Waals surface area contributed by atoms with Gasteiger partial charge in [-0.3, -0.25) is 0 Å². The first-order valence-electron chi connectivity index (χ1n) is 10.3. The SMILES string of the molecule is CCCCCc1cc(O)c(CC=C(C)CCC=C(C)C(C)C)c(O)c1C(=O)O. The summed E-state index contributed by atoms with van der Waals surface area (Å²) in [6, 6.07) is 1.51. The largest absolute Gasteiger partial charge is 0.508 e. The van der Waals surface area contributed by atoms with E-state index in [1.54, 1.807) is 0 Å². The van der Waals surface area contributed by atoms with Crippen molar-refractivity contribution in [2.24, 2.45) is 5.92 Å². The van der Waals surface area contributed by atoms with Crippen LogP contribution in [0.2, 0.25) is 0 Å². The lowest BCUT2D eigenvalue weighted by atomic mass is 9.94. The first kappa shape index (κ1) is 23.8. The summed E-state index contributed by atoms with van der Waals surface area (Å²) in [5.41, 5.74) is 3.22. The van der Waals surface area contributed by atoms with Crippen molar-refractivity contribution in [1.29, 1.82) is 0 Å². The number of phenols is 2. The lowest BCUT2D eigenvalue weighted by molar-refractivity contribution is 0.0692. The van der Waals surface area contributed by atoms with Crippen LogP contribution in [0.15, 0.2) is 29.4 Å². The van der Waals surface area contributed by atoms with E-state index in [2.05, 4.69) is 33.8 Å². The predicted molar refractivity (Wildman–Crippen MR) is 115 cm³/mol. The summed E-state index contributed by atoms with van der Waals surface area (Å²) in [6.07, 6.45) is 9.72. The standard InChI is InChI=1S/C24H36O4/c1-6-7-8-12-19-15-21(25)20(23(26)22(19)24(27)28)14-13-17(4)10-9-11-18(5)16(2)3/h11,13,15-16,25-26H,6-10,12,14H2,1-5H3,(H,27,28). The van der Waals surface area contributed by atoms with Gasteiger partial charge in [0.1, 0.15) is 17.1 Å². The lowest BCUT2D eigenvalue weighted by Crippen LogP contribution is -2.05. The van der Waals surface area contributed by atoms with E-state index in [4.69, 9.17) is 0 Å². The molecule has 0 saturated carbocycles. The third-order valence-corrected chi connectivity index (χ3v) is 5.30. The van der Waals surface area contributed by atoms with E-state index in [-0.39, 0.29) is 22.6 Å². The number of benzene rings is 1. The summed E-state index contributed by atoms with van der Waals surface area (Å²) < 4.78 is 0. The molecule has 156 valence electrons. The number of allylic oxidation sites excluding steroid dienone is 4. The fraction of sp³-hybridized carbons (Fsp3) is 0.542. The molecular formula is C24H36O4. The van der Waals surface area contributed by atoms with E-state index in [1.807, 2.05) is 13.0 Å². The zero-order chi connectivity index (χ0) is 21.3. The third-order valence-electron chi connectivity index (χ3n) is 5.30. The Kier molecular flexibility index (Phi) is 9.84. The van der Waals surface area contributed by atoms with Gasteiger partial charge in [0.15, 0.2) is 0 Å². The lowest BCUT2D eigenvalue weighted by Gasteiger charge is -2.14. The predicted octanol–water partition coefficient (Wildman–Crippen LogP) is 6.40. The summed E-state index contributed by atoms with van der Waals surface area (Å²) in [4.78, 5) is 11.7. The maximum Gasteiger partial charge on any atom is 0.339 e. The molecule has 0 radical (unpaired) electrons. The average Bonchev–Trinajstić information content (AvgIpc) is 2.60. The molecule has 0 aliphatic heterocycles. The van der Waals surface area contributed by atoms with Crippen molar-refractivity contribution in [3.63, 3.8) is 0 Å². The summed E-state index contributed by atoms with van der Waals surface area (Å²) >= 11 is 0. The number of carboxylic acids is 1. The Balaban J connectivity index is 2.97. The number of unbranched alkanes of at least 4 members (excludes halogenated alkanes) is 2. The highest BCUT2D eigenvalue weighted by molar-refractivity contribution is 5.93. The molecule has 0 saturated heterocycles. The number of aromatic hydroxyl groups is 2. The fourth-order valence-corrected chi connectivity index (χ4v) is 3.09. The molecule has 0 atom stereocenters. The van der Waals surface area contributed by atoms with Crippen molar-refractivity contribution in [3.8, 4) is 11.5 Å². The Labute approximate surface area is 169 Å². The van der Waals surface area contributed by atoms with Crippen molar-refractivity contribution >= 4 is 5.97 Å². The zero-order valence-corrected chi connectivity index (χ0v) is 18.0. The average molecular weight is 389 g/mol. The number of aromatic carboxylic acids is 1. The number of hydrogen-bond acceptors (Lipinski definition) is 3. The van der Waals surface area contributed by atoms with Crippen LogP contribution in [0, 0.1) is 5.92 Å². The Hall–Kier alpha value is -2.23. The molecule has 1 aromatic rings. The van der Waals surface area contributed by atoms with Gasteiger partial charge in [0.25, 0.3) is 0 Å². The highest BCUT2D eigenvalue weighted by Gasteiger charge is 2.21. The van der Waals surface area contributed by atoms with Crippen LogP contribution in [0.25, 0.3) is 0 Å². The van der Waals surface area contributed by atoms with Gasteiger partial charge >= 0.3 is 5.97 Å². The second-order valence-corrected chi connectivity index (χ2v) is 7.92. The molecule has 28 heavy (non-hydrogen) atoms. The molecule has 0 heterocycles. The Morgan fingerprint density at radius 3 is 2.39 bits per heavy atom. The summed E-state index contributed by atoms with van der Waals surface area (Å²) in [6.45, 7) is 10.6. The smallest absolute Gasteiger partial charge is 0.339 e. The monoisotopic (exact) mass is 388 g/mol. The molecule has 1 aromatic carbocycles. The molecule has 3 N–H and O–H groups in total. The van der Waals surface area contributed by atoms with Crippen molar-refractivity contribution in [2.45, 2.75) is 79.6 Å². The van der Waals surface area contributed by atoms with Crippen LogP contribution in [0.1, 0.15) is 88.2 Å². The fourth-order valence-electron chi connectivity index (χ4n) is 3.09. The minimum atomic E-state index is -1.15. The van der Waals surface area contributed by atoms with Gasteiger partial charge in [-0.15, -0.1) is 0 Å². The van der Waals surface area contributed by atoms with E-state index in [0.717, 1.165) is 37.7 Å². The molecule has 0 spiro atoms. The summed E-state index contributed by atoms with van der Waals surface area (Å²) in [5.74, 6) is -0.948. The Bertz CT molecular complexity index is 727. The number of aryl methyl sites for hydroxylation is 1. The number of rotatable bonds is 11. The highest BCUT2D eigenvalue weighted by Crippen LogP contribution is 2.35. The molecule has 0 aliphatic rings. The minimum Gasteiger partial charge on any atom is -0.508 e. The van der Waals surface area contributed by atoms with E-state index >= 15 is 0 Å². The van der Waals surface area contributed by atoms with Gasteiger partial charge in [-0.2, -0.15) is 0 Å². The normalized spacial score (nSPS) is 12.6. The minimum absolute atomic E-state index is 0.0337. The molecule has 1 rings (SSSR count). The van der Waals surface area contributed by atoms with Gasteiger partial charge in [-0.05, 0) is 63.5 Å². The Morgan fingerprint density at radius 1 is 1.14 bits per heavy atom. The van der Waals surface area contributed by atoms with E-state index in [0.29, 0.717) is 24.3 Å². The van der Waals surface area contributed by atoms with E-state index < -0.39 is 5.97 Å². The third kappa shape index (κ3) is 7.06. The van der Waals surface area contributed by atoms with Crippen LogP contribution in [0.5, 0.6) is 11.5 Å². The molecule has 4 nitrogen and oxygen atoms in total. The van der Waals surface area contributed by atoms with Crippen LogP contribution >= 0.6 is 0 Å².